The van der Waals surface area contributed by atoms with Crippen LogP contribution in [0.3, 0.4) is 0 Å². The molecule has 116 valence electrons. The number of nitrogens with one attached hydrogen (secondary N) is 1. The Morgan fingerprint density at radius 2 is 2.33 bits per heavy atom. The van der Waals surface area contributed by atoms with Gasteiger partial charge in [-0.2, -0.15) is 0 Å². The molecule has 0 radical (unpaired) electrons. The first kappa shape index (κ1) is 15.4. The Hall–Kier alpha value is -2.02. The van der Waals surface area contributed by atoms with Gasteiger partial charge in [-0.25, -0.2) is 4.79 Å². The summed E-state index contributed by atoms with van der Waals surface area (Å²) in [4.78, 5) is 26.6. The van der Waals surface area contributed by atoms with E-state index >= 15 is 0 Å². The highest BCUT2D eigenvalue weighted by molar-refractivity contribution is 5.84. The van der Waals surface area contributed by atoms with Crippen LogP contribution < -0.4 is 5.32 Å². The Kier molecular flexibility index (Phi) is 5.21. The zero-order valence-corrected chi connectivity index (χ0v) is 12.1. The molecular formula is C14H21N3O4. The van der Waals surface area contributed by atoms with E-state index in [0.29, 0.717) is 26.1 Å². The summed E-state index contributed by atoms with van der Waals surface area (Å²) in [7, 11) is 1.71. The molecule has 1 fully saturated rings. The quantitative estimate of drug-likeness (QED) is 0.736. The number of carbonyl (C=O) groups excluding carboxylic acids is 2. The van der Waals surface area contributed by atoms with Crippen LogP contribution in [-0.4, -0.2) is 66.7 Å². The Bertz CT molecular complexity index is 475. The molecule has 7 nitrogen and oxygen atoms in total. The maximum Gasteiger partial charge on any atom is 0.320 e. The predicted octanol–water partition coefficient (Wildman–Crippen LogP) is -0.0858. The molecule has 1 aliphatic heterocycles. The molecule has 0 aromatic carbocycles. The average Bonchev–Trinajstić information content (AvgIpc) is 3.09. The highest BCUT2D eigenvalue weighted by Gasteiger charge is 2.26. The molecule has 1 aromatic rings. The van der Waals surface area contributed by atoms with Crippen LogP contribution in [0.2, 0.25) is 0 Å². The van der Waals surface area contributed by atoms with Crippen LogP contribution in [0.25, 0.3) is 0 Å². The van der Waals surface area contributed by atoms with Gasteiger partial charge in [0.2, 0.25) is 5.91 Å². The lowest BCUT2D eigenvalue weighted by Crippen LogP contribution is -2.41. The van der Waals surface area contributed by atoms with Crippen molar-refractivity contribution < 1.29 is 19.1 Å². The van der Waals surface area contributed by atoms with Gasteiger partial charge in [-0.3, -0.25) is 4.79 Å². The van der Waals surface area contributed by atoms with Crippen molar-refractivity contribution in [3.63, 3.8) is 0 Å². The van der Waals surface area contributed by atoms with Gasteiger partial charge in [-0.05, 0) is 12.1 Å². The zero-order chi connectivity index (χ0) is 15.2. The molecule has 3 amide bonds. The predicted molar refractivity (Wildman–Crippen MR) is 75.6 cm³/mol. The summed E-state index contributed by atoms with van der Waals surface area (Å²) < 4.78 is 5.22. The lowest BCUT2D eigenvalue weighted by atomic mass is 10.1. The maximum absolute atomic E-state index is 11.8. The fraction of sp³-hybridized carbons (Fsp3) is 0.571. The van der Waals surface area contributed by atoms with E-state index in [1.807, 2.05) is 6.07 Å². The second kappa shape index (κ2) is 7.12. The Labute approximate surface area is 123 Å². The first-order chi connectivity index (χ1) is 10.1. The summed E-state index contributed by atoms with van der Waals surface area (Å²) in [5.41, 5.74) is 0. The van der Waals surface area contributed by atoms with E-state index in [0.717, 1.165) is 5.76 Å². The van der Waals surface area contributed by atoms with E-state index < -0.39 is 0 Å². The van der Waals surface area contributed by atoms with Gasteiger partial charge < -0.3 is 24.6 Å². The molecule has 0 saturated carbocycles. The molecule has 2 N–H and O–H groups in total. The minimum absolute atomic E-state index is 0.0354. The van der Waals surface area contributed by atoms with Crippen molar-refractivity contribution in [1.82, 2.24) is 15.1 Å². The van der Waals surface area contributed by atoms with Crippen LogP contribution in [0.5, 0.6) is 0 Å². The number of carbonyl (C=O) groups is 2. The van der Waals surface area contributed by atoms with E-state index in [9.17, 15) is 14.7 Å². The van der Waals surface area contributed by atoms with Crippen LogP contribution in [0.15, 0.2) is 22.8 Å². The molecule has 7 heteroatoms. The van der Waals surface area contributed by atoms with Crippen molar-refractivity contribution in [3.05, 3.63) is 24.2 Å². The van der Waals surface area contributed by atoms with Crippen molar-refractivity contribution in [2.75, 3.05) is 39.8 Å². The molecule has 0 bridgehead atoms. The Balaban J connectivity index is 1.73. The fourth-order valence-electron chi connectivity index (χ4n) is 2.25. The van der Waals surface area contributed by atoms with Gasteiger partial charge in [-0.15, -0.1) is 0 Å². The van der Waals surface area contributed by atoms with Crippen molar-refractivity contribution in [3.8, 4) is 0 Å². The summed E-state index contributed by atoms with van der Waals surface area (Å²) in [6.45, 7) is 1.59. The van der Waals surface area contributed by atoms with Crippen LogP contribution in [-0.2, 0) is 11.2 Å². The molecule has 1 unspecified atom stereocenters. The number of aliphatic hydroxyl groups excluding tert-OH is 1. The van der Waals surface area contributed by atoms with Gasteiger partial charge >= 0.3 is 6.03 Å². The minimum atomic E-state index is -0.212. The van der Waals surface area contributed by atoms with Crippen molar-refractivity contribution >= 4 is 11.9 Å². The number of hydrogen-bond acceptors (Lipinski definition) is 4. The summed E-state index contributed by atoms with van der Waals surface area (Å²) in [5.74, 6) is 0.466. The number of nitrogens with zero attached hydrogens (tertiary/aromatic N) is 2. The first-order valence-electron chi connectivity index (χ1n) is 7.00. The largest absolute Gasteiger partial charge is 0.469 e. The second-order valence-corrected chi connectivity index (χ2v) is 5.26. The molecule has 1 atom stereocenters. The number of aliphatic hydroxyl groups is 1. The monoisotopic (exact) mass is 295 g/mol. The zero-order valence-electron chi connectivity index (χ0n) is 12.1. The highest BCUT2D eigenvalue weighted by atomic mass is 16.3. The SMILES string of the molecule is CN1CCN(CC(=O)NCC(CO)Cc2ccco2)C1=O. The summed E-state index contributed by atoms with van der Waals surface area (Å²) >= 11 is 0. The Morgan fingerprint density at radius 3 is 2.90 bits per heavy atom. The van der Waals surface area contributed by atoms with Gasteiger partial charge in [0.1, 0.15) is 12.3 Å². The topological polar surface area (TPSA) is 86.0 Å². The number of urea groups is 1. The summed E-state index contributed by atoms with van der Waals surface area (Å²) in [6.07, 6.45) is 2.15. The lowest BCUT2D eigenvalue weighted by molar-refractivity contribution is -0.121. The molecule has 2 heterocycles. The average molecular weight is 295 g/mol. The third-order valence-corrected chi connectivity index (χ3v) is 3.55. The maximum atomic E-state index is 11.8. The summed E-state index contributed by atoms with van der Waals surface area (Å²) in [6, 6.07) is 3.50. The van der Waals surface area contributed by atoms with E-state index in [4.69, 9.17) is 4.42 Å². The number of hydrogen-bond donors (Lipinski definition) is 2. The molecule has 0 spiro atoms. The third kappa shape index (κ3) is 4.22. The number of furan rings is 1. The molecule has 1 aliphatic rings. The molecule has 0 aliphatic carbocycles. The first-order valence-corrected chi connectivity index (χ1v) is 7.00. The number of rotatable bonds is 7. The van der Waals surface area contributed by atoms with Crippen molar-refractivity contribution in [2.24, 2.45) is 5.92 Å². The number of amides is 3. The minimum Gasteiger partial charge on any atom is -0.469 e. The van der Waals surface area contributed by atoms with E-state index in [2.05, 4.69) is 5.32 Å². The van der Waals surface area contributed by atoms with Gasteiger partial charge in [0.05, 0.1) is 6.26 Å². The van der Waals surface area contributed by atoms with Gasteiger partial charge in [0.25, 0.3) is 0 Å². The smallest absolute Gasteiger partial charge is 0.320 e. The van der Waals surface area contributed by atoms with E-state index in [-0.39, 0.29) is 31.0 Å². The molecule has 1 aromatic heterocycles. The van der Waals surface area contributed by atoms with E-state index in [1.165, 1.54) is 4.90 Å². The van der Waals surface area contributed by atoms with Crippen molar-refractivity contribution in [2.45, 2.75) is 6.42 Å². The standard InChI is InChI=1S/C14H21N3O4/c1-16-4-5-17(14(16)20)9-13(19)15-8-11(10-18)7-12-3-2-6-21-12/h2-3,6,11,18H,4-5,7-10H2,1H3,(H,15,19). The van der Waals surface area contributed by atoms with Crippen LogP contribution in [0.1, 0.15) is 5.76 Å². The number of likely N-dealkylation sites (N-methyl/N-ethyl adjacent to an activating group) is 1. The highest BCUT2D eigenvalue weighted by Crippen LogP contribution is 2.09. The van der Waals surface area contributed by atoms with Crippen LogP contribution in [0.4, 0.5) is 4.79 Å². The second-order valence-electron chi connectivity index (χ2n) is 5.26. The third-order valence-electron chi connectivity index (χ3n) is 3.55. The summed E-state index contributed by atoms with van der Waals surface area (Å²) in [5, 5.41) is 12.1. The van der Waals surface area contributed by atoms with Gasteiger partial charge in [0, 0.05) is 45.6 Å². The molecule has 2 rings (SSSR count). The van der Waals surface area contributed by atoms with Crippen molar-refractivity contribution in [1.29, 1.82) is 0 Å². The van der Waals surface area contributed by atoms with Crippen LogP contribution in [0, 0.1) is 5.92 Å². The Morgan fingerprint density at radius 1 is 1.52 bits per heavy atom. The molecule has 21 heavy (non-hydrogen) atoms. The lowest BCUT2D eigenvalue weighted by Gasteiger charge is -2.17. The van der Waals surface area contributed by atoms with Gasteiger partial charge in [0.15, 0.2) is 0 Å². The van der Waals surface area contributed by atoms with E-state index in [1.54, 1.807) is 24.3 Å². The van der Waals surface area contributed by atoms with Crippen LogP contribution >= 0.6 is 0 Å². The molecular weight excluding hydrogens is 274 g/mol. The fourth-order valence-corrected chi connectivity index (χ4v) is 2.25. The van der Waals surface area contributed by atoms with Gasteiger partial charge in [-0.1, -0.05) is 0 Å². The molecule has 1 saturated heterocycles. The normalized spacial score (nSPS) is 16.4.